The molecule has 144 valence electrons. The number of rotatable bonds is 8. The first-order valence-corrected chi connectivity index (χ1v) is 10.1. The van der Waals surface area contributed by atoms with Gasteiger partial charge < -0.3 is 5.32 Å². The molecule has 0 aromatic heterocycles. The van der Waals surface area contributed by atoms with Crippen molar-refractivity contribution < 1.29 is 9.59 Å². The largest absolute Gasteiger partial charge is 0.376 e. The van der Waals surface area contributed by atoms with Gasteiger partial charge in [0.2, 0.25) is 0 Å². The van der Waals surface area contributed by atoms with Crippen molar-refractivity contribution in [2.24, 2.45) is 5.92 Å². The summed E-state index contributed by atoms with van der Waals surface area (Å²) in [7, 11) is 0. The Bertz CT molecular complexity index is 733. The van der Waals surface area contributed by atoms with Crippen molar-refractivity contribution in [3.63, 3.8) is 0 Å². The van der Waals surface area contributed by atoms with Crippen molar-refractivity contribution in [2.75, 3.05) is 11.9 Å². The second-order valence-corrected chi connectivity index (χ2v) is 7.85. The van der Waals surface area contributed by atoms with Gasteiger partial charge in [0.1, 0.15) is 0 Å². The molecule has 0 saturated heterocycles. The standard InChI is InChI=1S/C21H27N3O2S/c1-15(2)20(27-14-17-7-5-4-6-8-17)21(26)24-23-19(25)13-22-18-11-9-16(3)10-12-18/h4-12,15,20,22H,13-14H2,1-3H3,(H,23,25)(H,24,26). The number of hydrogen-bond acceptors (Lipinski definition) is 4. The first-order valence-electron chi connectivity index (χ1n) is 9.00. The molecule has 2 rings (SSSR count). The van der Waals surface area contributed by atoms with Crippen molar-refractivity contribution in [1.82, 2.24) is 10.9 Å². The zero-order valence-corrected chi connectivity index (χ0v) is 16.8. The molecule has 0 aliphatic carbocycles. The van der Waals surface area contributed by atoms with Crippen LogP contribution in [0.5, 0.6) is 0 Å². The van der Waals surface area contributed by atoms with Crippen LogP contribution in [0.4, 0.5) is 5.69 Å². The molecule has 0 radical (unpaired) electrons. The molecular weight excluding hydrogens is 358 g/mol. The lowest BCUT2D eigenvalue weighted by atomic mass is 10.1. The zero-order chi connectivity index (χ0) is 19.6. The molecule has 1 unspecified atom stereocenters. The van der Waals surface area contributed by atoms with E-state index in [4.69, 9.17) is 0 Å². The Labute approximate surface area is 165 Å². The number of aryl methyl sites for hydroxylation is 1. The molecule has 5 nitrogen and oxygen atoms in total. The summed E-state index contributed by atoms with van der Waals surface area (Å²) in [6.45, 7) is 6.10. The van der Waals surface area contributed by atoms with E-state index in [2.05, 4.69) is 16.2 Å². The first kappa shape index (κ1) is 20.8. The van der Waals surface area contributed by atoms with Crippen LogP contribution in [0.25, 0.3) is 0 Å². The summed E-state index contributed by atoms with van der Waals surface area (Å²) in [5, 5.41) is 2.79. The van der Waals surface area contributed by atoms with E-state index in [9.17, 15) is 9.59 Å². The lowest BCUT2D eigenvalue weighted by molar-refractivity contribution is -0.128. The van der Waals surface area contributed by atoms with Crippen molar-refractivity contribution >= 4 is 29.3 Å². The number of anilines is 1. The van der Waals surface area contributed by atoms with E-state index in [1.165, 1.54) is 5.56 Å². The highest BCUT2D eigenvalue weighted by Gasteiger charge is 2.23. The van der Waals surface area contributed by atoms with Crippen molar-refractivity contribution in [2.45, 2.75) is 31.8 Å². The highest BCUT2D eigenvalue weighted by Crippen LogP contribution is 2.23. The summed E-state index contributed by atoms with van der Waals surface area (Å²) in [6, 6.07) is 17.8. The minimum absolute atomic E-state index is 0.0901. The number of benzene rings is 2. The Hall–Kier alpha value is -2.47. The highest BCUT2D eigenvalue weighted by atomic mass is 32.2. The Balaban J connectivity index is 1.76. The predicted octanol–water partition coefficient (Wildman–Crippen LogP) is 3.51. The van der Waals surface area contributed by atoms with Crippen LogP contribution in [0.2, 0.25) is 0 Å². The van der Waals surface area contributed by atoms with E-state index in [-0.39, 0.29) is 29.5 Å². The summed E-state index contributed by atoms with van der Waals surface area (Å²) >= 11 is 1.58. The molecule has 0 bridgehead atoms. The lowest BCUT2D eigenvalue weighted by Crippen LogP contribution is -2.48. The molecule has 0 aliphatic rings. The lowest BCUT2D eigenvalue weighted by Gasteiger charge is -2.20. The smallest absolute Gasteiger partial charge is 0.257 e. The van der Waals surface area contributed by atoms with Gasteiger partial charge in [-0.05, 0) is 30.5 Å². The van der Waals surface area contributed by atoms with Crippen LogP contribution in [0.3, 0.4) is 0 Å². The van der Waals surface area contributed by atoms with E-state index in [1.54, 1.807) is 11.8 Å². The minimum Gasteiger partial charge on any atom is -0.376 e. The number of nitrogens with one attached hydrogen (secondary N) is 3. The molecule has 0 fully saturated rings. The summed E-state index contributed by atoms with van der Waals surface area (Å²) in [5.74, 6) is 0.426. The third-order valence-corrected chi connectivity index (χ3v) is 5.58. The Morgan fingerprint density at radius 3 is 2.26 bits per heavy atom. The molecule has 27 heavy (non-hydrogen) atoms. The third kappa shape index (κ3) is 7.35. The number of amides is 2. The molecule has 1 atom stereocenters. The van der Waals surface area contributed by atoms with Crippen LogP contribution in [0, 0.1) is 12.8 Å². The Morgan fingerprint density at radius 2 is 1.63 bits per heavy atom. The van der Waals surface area contributed by atoms with Crippen LogP contribution >= 0.6 is 11.8 Å². The van der Waals surface area contributed by atoms with E-state index >= 15 is 0 Å². The van der Waals surface area contributed by atoms with E-state index in [0.29, 0.717) is 0 Å². The Morgan fingerprint density at radius 1 is 0.963 bits per heavy atom. The number of hydrazine groups is 1. The van der Waals surface area contributed by atoms with Gasteiger partial charge in [-0.2, -0.15) is 0 Å². The minimum atomic E-state index is -0.292. The summed E-state index contributed by atoms with van der Waals surface area (Å²) in [4.78, 5) is 24.4. The topological polar surface area (TPSA) is 70.2 Å². The SMILES string of the molecule is Cc1ccc(NCC(=O)NNC(=O)C(SCc2ccccc2)C(C)C)cc1. The summed E-state index contributed by atoms with van der Waals surface area (Å²) in [6.07, 6.45) is 0. The van der Waals surface area contributed by atoms with Crippen LogP contribution in [0.1, 0.15) is 25.0 Å². The molecule has 0 spiro atoms. The van der Waals surface area contributed by atoms with Gasteiger partial charge in [-0.25, -0.2) is 0 Å². The quantitative estimate of drug-likeness (QED) is 0.608. The molecule has 0 heterocycles. The van der Waals surface area contributed by atoms with Crippen LogP contribution in [0.15, 0.2) is 54.6 Å². The first-order chi connectivity index (χ1) is 13.0. The number of hydrogen-bond donors (Lipinski definition) is 3. The van der Waals surface area contributed by atoms with Crippen molar-refractivity contribution in [1.29, 1.82) is 0 Å². The second-order valence-electron chi connectivity index (χ2n) is 6.72. The number of carbonyl (C=O) groups is 2. The van der Waals surface area contributed by atoms with Gasteiger partial charge in [0.15, 0.2) is 0 Å². The molecule has 6 heteroatoms. The van der Waals surface area contributed by atoms with E-state index in [0.717, 1.165) is 17.0 Å². The molecule has 2 aromatic rings. The summed E-state index contributed by atoms with van der Waals surface area (Å²) in [5.41, 5.74) is 8.22. The summed E-state index contributed by atoms with van der Waals surface area (Å²) < 4.78 is 0. The zero-order valence-electron chi connectivity index (χ0n) is 16.0. The normalized spacial score (nSPS) is 11.7. The average Bonchev–Trinajstić information content (AvgIpc) is 2.66. The highest BCUT2D eigenvalue weighted by molar-refractivity contribution is 7.99. The van der Waals surface area contributed by atoms with Crippen molar-refractivity contribution in [3.05, 3.63) is 65.7 Å². The van der Waals surface area contributed by atoms with Gasteiger partial charge in [-0.15, -0.1) is 11.8 Å². The molecule has 0 saturated carbocycles. The molecular formula is C21H27N3O2S. The monoisotopic (exact) mass is 385 g/mol. The maximum atomic E-state index is 12.5. The van der Waals surface area contributed by atoms with Gasteiger partial charge in [-0.3, -0.25) is 20.4 Å². The van der Waals surface area contributed by atoms with Crippen LogP contribution in [-0.4, -0.2) is 23.6 Å². The molecule has 2 amide bonds. The maximum absolute atomic E-state index is 12.5. The van der Waals surface area contributed by atoms with Crippen LogP contribution in [-0.2, 0) is 15.3 Å². The van der Waals surface area contributed by atoms with E-state index < -0.39 is 0 Å². The Kier molecular flexibility index (Phi) is 8.20. The molecule has 0 aliphatic heterocycles. The van der Waals surface area contributed by atoms with Gasteiger partial charge in [0.05, 0.1) is 11.8 Å². The van der Waals surface area contributed by atoms with Gasteiger partial charge >= 0.3 is 0 Å². The molecule has 3 N–H and O–H groups in total. The van der Waals surface area contributed by atoms with Gasteiger partial charge in [0.25, 0.3) is 11.8 Å². The second kappa shape index (κ2) is 10.6. The predicted molar refractivity (Wildman–Crippen MR) is 112 cm³/mol. The van der Waals surface area contributed by atoms with Gasteiger partial charge in [-0.1, -0.05) is 61.9 Å². The van der Waals surface area contributed by atoms with Crippen LogP contribution < -0.4 is 16.2 Å². The maximum Gasteiger partial charge on any atom is 0.257 e. The number of carbonyl (C=O) groups excluding carboxylic acids is 2. The average molecular weight is 386 g/mol. The number of thioether (sulfide) groups is 1. The van der Waals surface area contributed by atoms with Crippen molar-refractivity contribution in [3.8, 4) is 0 Å². The molecule has 2 aromatic carbocycles. The third-order valence-electron chi connectivity index (χ3n) is 3.97. The fourth-order valence-corrected chi connectivity index (χ4v) is 3.59. The fraction of sp³-hybridized carbons (Fsp3) is 0.333. The van der Waals surface area contributed by atoms with E-state index in [1.807, 2.05) is 75.4 Å². The fourth-order valence-electron chi connectivity index (χ4n) is 2.43. The van der Waals surface area contributed by atoms with Gasteiger partial charge in [0, 0.05) is 11.4 Å².